The number of fused-ring (bicyclic) bond motifs is 3. The van der Waals surface area contributed by atoms with E-state index in [1.807, 2.05) is 66.7 Å². The number of rotatable bonds is 5. The van der Waals surface area contributed by atoms with E-state index >= 15 is 0 Å². The lowest BCUT2D eigenvalue weighted by atomic mass is 10.1. The number of hydrogen-bond acceptors (Lipinski definition) is 2. The second-order valence-electron chi connectivity index (χ2n) is 9.71. The summed E-state index contributed by atoms with van der Waals surface area (Å²) in [6, 6.07) is 33.0. The van der Waals surface area contributed by atoms with Crippen molar-refractivity contribution in [3.8, 4) is 0 Å². The van der Waals surface area contributed by atoms with Crippen molar-refractivity contribution in [2.45, 2.75) is 25.9 Å². The number of amides is 2. The number of benzene rings is 4. The summed E-state index contributed by atoms with van der Waals surface area (Å²) in [5.41, 5.74) is 5.76. The molecule has 1 atom stereocenters. The fraction of sp³-hybridized carbons (Fsp3) is 0.152. The molecule has 188 valence electrons. The zero-order valence-corrected chi connectivity index (χ0v) is 21.3. The van der Waals surface area contributed by atoms with Gasteiger partial charge in [-0.3, -0.25) is 9.59 Å². The Hall–Kier alpha value is -4.64. The molecule has 4 aromatic carbocycles. The summed E-state index contributed by atoms with van der Waals surface area (Å²) in [6.07, 6.45) is 2.58. The Morgan fingerprint density at radius 2 is 1.53 bits per heavy atom. The first-order valence-electron chi connectivity index (χ1n) is 13.0. The van der Waals surface area contributed by atoms with Crippen LogP contribution in [0.4, 0.5) is 5.69 Å². The number of nitrogens with one attached hydrogen (secondary N) is 1. The summed E-state index contributed by atoms with van der Waals surface area (Å²) in [4.78, 5) is 28.9. The van der Waals surface area contributed by atoms with E-state index in [0.717, 1.165) is 39.7 Å². The van der Waals surface area contributed by atoms with Crippen LogP contribution in [0, 0.1) is 0 Å². The zero-order chi connectivity index (χ0) is 26.1. The number of nitrogens with zero attached hydrogens (tertiary/aromatic N) is 2. The molecule has 0 radical (unpaired) electrons. The van der Waals surface area contributed by atoms with Crippen LogP contribution >= 0.6 is 0 Å². The number of aromatic nitrogens is 1. The normalized spacial score (nSPS) is 16.4. The Morgan fingerprint density at radius 3 is 2.29 bits per heavy atom. The minimum atomic E-state index is -0.592. The first-order chi connectivity index (χ1) is 18.6. The zero-order valence-electron chi connectivity index (χ0n) is 21.3. The molecular weight excluding hydrogens is 470 g/mol. The predicted molar refractivity (Wildman–Crippen MR) is 154 cm³/mol. The summed E-state index contributed by atoms with van der Waals surface area (Å²) in [7, 11) is 0. The van der Waals surface area contributed by atoms with Crippen LogP contribution in [-0.4, -0.2) is 33.9 Å². The molecule has 1 saturated heterocycles. The minimum Gasteiger partial charge on any atom is -0.341 e. The van der Waals surface area contributed by atoms with Gasteiger partial charge in [0.2, 0.25) is 5.91 Å². The molecular formula is C33H29N3O2. The van der Waals surface area contributed by atoms with Gasteiger partial charge in [-0.1, -0.05) is 72.8 Å². The van der Waals surface area contributed by atoms with Crippen molar-refractivity contribution in [3.05, 3.63) is 120 Å². The van der Waals surface area contributed by atoms with Crippen LogP contribution in [0.3, 0.4) is 0 Å². The fourth-order valence-corrected chi connectivity index (χ4v) is 5.53. The molecule has 5 aromatic rings. The Morgan fingerprint density at radius 1 is 0.842 bits per heavy atom. The molecule has 0 saturated carbocycles. The van der Waals surface area contributed by atoms with E-state index in [9.17, 15) is 9.59 Å². The standard InChI is InChI=1S/C33H29N3O2/c1-2-35-29-16-10-9-15-27(29)28-21-26(17-18-30(28)35)34-32(37)31-20-24(19-23-11-5-3-6-12-23)22-36(31)33(38)25-13-7-4-8-14-25/h3-19,21,31H,2,20,22H2,1H3,(H,34,37)/b24-19+/t31-/m0/s1. The van der Waals surface area contributed by atoms with Gasteiger partial charge in [-0.15, -0.1) is 0 Å². The van der Waals surface area contributed by atoms with Crippen LogP contribution < -0.4 is 5.32 Å². The third-order valence-corrected chi connectivity index (χ3v) is 7.32. The van der Waals surface area contributed by atoms with Gasteiger partial charge in [0.15, 0.2) is 0 Å². The highest BCUT2D eigenvalue weighted by molar-refractivity contribution is 6.10. The highest BCUT2D eigenvalue weighted by Gasteiger charge is 2.37. The van der Waals surface area contributed by atoms with E-state index in [2.05, 4.69) is 47.1 Å². The molecule has 5 heteroatoms. The smallest absolute Gasteiger partial charge is 0.254 e. The lowest BCUT2D eigenvalue weighted by Crippen LogP contribution is -2.43. The van der Waals surface area contributed by atoms with Gasteiger partial charge >= 0.3 is 0 Å². The number of carbonyl (C=O) groups excluding carboxylic acids is 2. The molecule has 1 aromatic heterocycles. The van der Waals surface area contributed by atoms with Crippen LogP contribution in [0.1, 0.15) is 29.3 Å². The van der Waals surface area contributed by atoms with Crippen LogP contribution in [0.2, 0.25) is 0 Å². The van der Waals surface area contributed by atoms with E-state index < -0.39 is 6.04 Å². The SMILES string of the molecule is CCn1c2ccccc2c2cc(NC(=O)[C@@H]3C/C(=C\c4ccccc4)CN3C(=O)c3ccccc3)ccc21. The highest BCUT2D eigenvalue weighted by Crippen LogP contribution is 2.32. The van der Waals surface area contributed by atoms with Gasteiger partial charge in [-0.05, 0) is 60.9 Å². The second kappa shape index (κ2) is 10.0. The van der Waals surface area contributed by atoms with Gasteiger partial charge < -0.3 is 14.8 Å². The minimum absolute atomic E-state index is 0.135. The van der Waals surface area contributed by atoms with Gasteiger partial charge in [0, 0.05) is 46.1 Å². The summed E-state index contributed by atoms with van der Waals surface area (Å²) in [5.74, 6) is -0.312. The molecule has 0 spiro atoms. The maximum atomic E-state index is 13.7. The second-order valence-corrected chi connectivity index (χ2v) is 9.71. The Labute approximate surface area is 222 Å². The maximum absolute atomic E-state index is 13.7. The largest absolute Gasteiger partial charge is 0.341 e. The number of anilines is 1. The summed E-state index contributed by atoms with van der Waals surface area (Å²) >= 11 is 0. The molecule has 5 nitrogen and oxygen atoms in total. The summed E-state index contributed by atoms with van der Waals surface area (Å²) in [6.45, 7) is 3.43. The number of likely N-dealkylation sites (tertiary alicyclic amines) is 1. The van der Waals surface area contributed by atoms with E-state index in [1.54, 1.807) is 17.0 Å². The van der Waals surface area contributed by atoms with Crippen molar-refractivity contribution in [3.63, 3.8) is 0 Å². The molecule has 0 bridgehead atoms. The average Bonchev–Trinajstić information content (AvgIpc) is 3.52. The van der Waals surface area contributed by atoms with E-state index in [0.29, 0.717) is 18.5 Å². The van der Waals surface area contributed by atoms with Crippen LogP contribution in [0.15, 0.2) is 109 Å². The number of carbonyl (C=O) groups is 2. The molecule has 1 aliphatic rings. The molecule has 2 heterocycles. The lowest BCUT2D eigenvalue weighted by molar-refractivity contribution is -0.119. The lowest BCUT2D eigenvalue weighted by Gasteiger charge is -2.23. The third-order valence-electron chi connectivity index (χ3n) is 7.32. The Kier molecular flexibility index (Phi) is 6.26. The summed E-state index contributed by atoms with van der Waals surface area (Å²) < 4.78 is 2.29. The molecule has 1 fully saturated rings. The van der Waals surface area contributed by atoms with Crippen molar-refractivity contribution in [2.75, 3.05) is 11.9 Å². The van der Waals surface area contributed by atoms with Crippen molar-refractivity contribution in [1.29, 1.82) is 0 Å². The molecule has 2 amide bonds. The third kappa shape index (κ3) is 4.37. The van der Waals surface area contributed by atoms with Gasteiger partial charge in [-0.25, -0.2) is 0 Å². The van der Waals surface area contributed by atoms with Gasteiger partial charge in [0.25, 0.3) is 5.91 Å². The van der Waals surface area contributed by atoms with Gasteiger partial charge in [0.1, 0.15) is 6.04 Å². The Balaban J connectivity index is 1.32. The highest BCUT2D eigenvalue weighted by atomic mass is 16.2. The van der Waals surface area contributed by atoms with Crippen molar-refractivity contribution < 1.29 is 9.59 Å². The van der Waals surface area contributed by atoms with Crippen molar-refractivity contribution in [2.24, 2.45) is 0 Å². The van der Waals surface area contributed by atoms with E-state index in [-0.39, 0.29) is 11.8 Å². The van der Waals surface area contributed by atoms with Gasteiger partial charge in [-0.2, -0.15) is 0 Å². The van der Waals surface area contributed by atoms with Crippen LogP contribution in [-0.2, 0) is 11.3 Å². The number of para-hydroxylation sites is 1. The topological polar surface area (TPSA) is 54.3 Å². The maximum Gasteiger partial charge on any atom is 0.254 e. The number of hydrogen-bond donors (Lipinski definition) is 1. The molecule has 6 rings (SSSR count). The first kappa shape index (κ1) is 23.7. The molecule has 38 heavy (non-hydrogen) atoms. The first-order valence-corrected chi connectivity index (χ1v) is 13.0. The monoisotopic (exact) mass is 499 g/mol. The van der Waals surface area contributed by atoms with Crippen LogP contribution in [0.25, 0.3) is 27.9 Å². The van der Waals surface area contributed by atoms with Crippen LogP contribution in [0.5, 0.6) is 0 Å². The molecule has 0 aliphatic carbocycles. The Bertz CT molecular complexity index is 1670. The van der Waals surface area contributed by atoms with E-state index in [1.165, 1.54) is 5.52 Å². The average molecular weight is 500 g/mol. The fourth-order valence-electron chi connectivity index (χ4n) is 5.53. The molecule has 0 unspecified atom stereocenters. The number of aryl methyl sites for hydroxylation is 1. The van der Waals surface area contributed by atoms with Crippen molar-refractivity contribution >= 4 is 45.4 Å². The molecule has 1 N–H and O–H groups in total. The molecule has 1 aliphatic heterocycles. The van der Waals surface area contributed by atoms with Gasteiger partial charge in [0.05, 0.1) is 0 Å². The summed E-state index contributed by atoms with van der Waals surface area (Å²) in [5, 5.41) is 5.39. The van der Waals surface area contributed by atoms with Crippen molar-refractivity contribution in [1.82, 2.24) is 9.47 Å². The van der Waals surface area contributed by atoms with E-state index in [4.69, 9.17) is 0 Å². The predicted octanol–water partition coefficient (Wildman–Crippen LogP) is 6.75. The quantitative estimate of drug-likeness (QED) is 0.291.